The first-order valence-electron chi connectivity index (χ1n) is 10.3. The summed E-state index contributed by atoms with van der Waals surface area (Å²) in [5.74, 6) is -0.0631. The molecule has 0 saturated heterocycles. The maximum atomic E-state index is 12.8. The van der Waals surface area contributed by atoms with Gasteiger partial charge in [-0.05, 0) is 53.3 Å². The van der Waals surface area contributed by atoms with Crippen molar-refractivity contribution < 1.29 is 4.79 Å². The van der Waals surface area contributed by atoms with E-state index in [0.717, 1.165) is 24.1 Å². The van der Waals surface area contributed by atoms with Crippen LogP contribution in [0.4, 0.5) is 5.69 Å². The van der Waals surface area contributed by atoms with Crippen LogP contribution in [0.2, 0.25) is 0 Å². The molecule has 2 heterocycles. The summed E-state index contributed by atoms with van der Waals surface area (Å²) >= 11 is 0. The fourth-order valence-corrected chi connectivity index (χ4v) is 4.45. The van der Waals surface area contributed by atoms with Gasteiger partial charge < -0.3 is 10.2 Å². The molecule has 1 amide bonds. The highest BCUT2D eigenvalue weighted by Gasteiger charge is 2.30. The van der Waals surface area contributed by atoms with Crippen LogP contribution in [0.5, 0.6) is 0 Å². The Morgan fingerprint density at radius 3 is 2.67 bits per heavy atom. The molecule has 0 spiro atoms. The SMILES string of the molecule is O=C(Nc1ccncc1)C1=CC=CN(C2CCc3c(-c4ccccc4)cccc32)C1. The number of nitrogens with zero attached hydrogens (tertiary/aromatic N) is 2. The Hall–Kier alpha value is -3.66. The Morgan fingerprint density at radius 1 is 1.00 bits per heavy atom. The van der Waals surface area contributed by atoms with Gasteiger partial charge in [0, 0.05) is 36.4 Å². The van der Waals surface area contributed by atoms with E-state index >= 15 is 0 Å². The number of rotatable bonds is 4. The molecule has 148 valence electrons. The molecule has 1 atom stereocenters. The smallest absolute Gasteiger partial charge is 0.253 e. The van der Waals surface area contributed by atoms with Gasteiger partial charge in [0.25, 0.3) is 5.91 Å². The van der Waals surface area contributed by atoms with Crippen molar-refractivity contribution in [3.05, 3.63) is 108 Å². The molecule has 1 aliphatic carbocycles. The van der Waals surface area contributed by atoms with Crippen molar-refractivity contribution in [2.24, 2.45) is 0 Å². The molecule has 5 rings (SSSR count). The zero-order valence-corrected chi connectivity index (χ0v) is 16.7. The maximum Gasteiger partial charge on any atom is 0.253 e. The van der Waals surface area contributed by atoms with Gasteiger partial charge in [-0.1, -0.05) is 54.6 Å². The monoisotopic (exact) mass is 393 g/mol. The number of amides is 1. The van der Waals surface area contributed by atoms with E-state index in [1.165, 1.54) is 22.3 Å². The summed E-state index contributed by atoms with van der Waals surface area (Å²) in [4.78, 5) is 19.0. The molecular weight excluding hydrogens is 370 g/mol. The first-order chi connectivity index (χ1) is 14.8. The van der Waals surface area contributed by atoms with Gasteiger partial charge in [0.05, 0.1) is 6.04 Å². The summed E-state index contributed by atoms with van der Waals surface area (Å²) in [6.45, 7) is 0.604. The number of carbonyl (C=O) groups excluding carboxylic acids is 1. The van der Waals surface area contributed by atoms with Gasteiger partial charge in [-0.15, -0.1) is 0 Å². The van der Waals surface area contributed by atoms with E-state index in [4.69, 9.17) is 0 Å². The minimum absolute atomic E-state index is 0.0631. The predicted octanol–water partition coefficient (Wildman–Crippen LogP) is 5.13. The Bertz CT molecular complexity index is 1120. The first-order valence-corrected chi connectivity index (χ1v) is 10.3. The molecule has 0 saturated carbocycles. The van der Waals surface area contributed by atoms with Crippen LogP contribution in [-0.4, -0.2) is 22.3 Å². The minimum Gasteiger partial charge on any atom is -0.366 e. The van der Waals surface area contributed by atoms with Gasteiger partial charge in [0.15, 0.2) is 0 Å². The van der Waals surface area contributed by atoms with Crippen molar-refractivity contribution in [2.45, 2.75) is 18.9 Å². The number of fused-ring (bicyclic) bond motifs is 1. The van der Waals surface area contributed by atoms with Gasteiger partial charge in [-0.2, -0.15) is 0 Å². The van der Waals surface area contributed by atoms with Crippen LogP contribution in [0.15, 0.2) is 97.0 Å². The highest BCUT2D eigenvalue weighted by molar-refractivity contribution is 6.04. The number of anilines is 1. The third-order valence-corrected chi connectivity index (χ3v) is 5.88. The summed E-state index contributed by atoms with van der Waals surface area (Å²) in [5, 5.41) is 2.96. The Kier molecular flexibility index (Phi) is 4.89. The van der Waals surface area contributed by atoms with Crippen LogP contribution >= 0.6 is 0 Å². The molecule has 3 aromatic rings. The lowest BCUT2D eigenvalue weighted by Gasteiger charge is -2.31. The lowest BCUT2D eigenvalue weighted by atomic mass is 9.96. The van der Waals surface area contributed by atoms with E-state index in [1.807, 2.05) is 12.2 Å². The third kappa shape index (κ3) is 3.52. The largest absolute Gasteiger partial charge is 0.366 e. The molecule has 0 fully saturated rings. The number of nitrogens with one attached hydrogen (secondary N) is 1. The molecule has 2 aromatic carbocycles. The normalized spacial score (nSPS) is 17.4. The van der Waals surface area contributed by atoms with E-state index in [1.54, 1.807) is 24.5 Å². The number of hydrogen-bond donors (Lipinski definition) is 1. The molecule has 1 unspecified atom stereocenters. The van der Waals surface area contributed by atoms with Crippen molar-refractivity contribution in [1.29, 1.82) is 0 Å². The van der Waals surface area contributed by atoms with Crippen LogP contribution in [0.1, 0.15) is 23.6 Å². The summed E-state index contributed by atoms with van der Waals surface area (Å²) in [6.07, 6.45) is 11.5. The minimum atomic E-state index is -0.0631. The lowest BCUT2D eigenvalue weighted by Crippen LogP contribution is -2.30. The van der Waals surface area contributed by atoms with Gasteiger partial charge in [-0.3, -0.25) is 9.78 Å². The number of allylic oxidation sites excluding steroid dienone is 2. The van der Waals surface area contributed by atoms with Crippen molar-refractivity contribution in [2.75, 3.05) is 11.9 Å². The zero-order valence-electron chi connectivity index (χ0n) is 16.7. The Morgan fingerprint density at radius 2 is 1.83 bits per heavy atom. The van der Waals surface area contributed by atoms with Crippen LogP contribution < -0.4 is 5.32 Å². The number of aromatic nitrogens is 1. The molecule has 0 bridgehead atoms. The van der Waals surface area contributed by atoms with Crippen LogP contribution in [0, 0.1) is 0 Å². The molecule has 4 nitrogen and oxygen atoms in total. The van der Waals surface area contributed by atoms with E-state index in [0.29, 0.717) is 6.54 Å². The maximum absolute atomic E-state index is 12.8. The summed E-state index contributed by atoms with van der Waals surface area (Å²) < 4.78 is 0. The molecule has 30 heavy (non-hydrogen) atoms. The fraction of sp³-hybridized carbons (Fsp3) is 0.154. The highest BCUT2D eigenvalue weighted by atomic mass is 16.1. The fourth-order valence-electron chi connectivity index (χ4n) is 4.45. The second kappa shape index (κ2) is 7.99. The molecule has 0 radical (unpaired) electrons. The van der Waals surface area contributed by atoms with Crippen LogP contribution in [0.25, 0.3) is 11.1 Å². The van der Waals surface area contributed by atoms with Crippen molar-refractivity contribution in [1.82, 2.24) is 9.88 Å². The first kappa shape index (κ1) is 18.4. The highest BCUT2D eigenvalue weighted by Crippen LogP contribution is 2.41. The summed E-state index contributed by atoms with van der Waals surface area (Å²) in [5.41, 5.74) is 6.92. The van der Waals surface area contributed by atoms with E-state index in [2.05, 4.69) is 69.9 Å². The Labute approximate surface area is 176 Å². The Balaban J connectivity index is 1.36. The van der Waals surface area contributed by atoms with Gasteiger partial charge >= 0.3 is 0 Å². The van der Waals surface area contributed by atoms with Crippen molar-refractivity contribution in [3.8, 4) is 11.1 Å². The van der Waals surface area contributed by atoms with Crippen LogP contribution in [0.3, 0.4) is 0 Å². The van der Waals surface area contributed by atoms with Gasteiger partial charge in [0.2, 0.25) is 0 Å². The number of pyridine rings is 1. The van der Waals surface area contributed by atoms with Crippen LogP contribution in [-0.2, 0) is 11.2 Å². The standard InChI is InChI=1S/C26H23N3O/c30-26(28-21-13-15-27-16-14-21)20-8-5-17-29(18-20)25-12-11-23-22(9-4-10-24(23)25)19-6-2-1-3-7-19/h1-10,13-17,25H,11-12,18H2,(H,27,28,30). The third-order valence-electron chi connectivity index (χ3n) is 5.88. The van der Waals surface area contributed by atoms with E-state index in [9.17, 15) is 4.79 Å². The summed E-state index contributed by atoms with van der Waals surface area (Å²) in [6, 6.07) is 21.1. The molecule has 1 N–H and O–H groups in total. The van der Waals surface area contributed by atoms with Gasteiger partial charge in [-0.25, -0.2) is 0 Å². The van der Waals surface area contributed by atoms with E-state index in [-0.39, 0.29) is 11.9 Å². The molecule has 4 heteroatoms. The topological polar surface area (TPSA) is 45.2 Å². The average molecular weight is 393 g/mol. The molecule has 1 aromatic heterocycles. The average Bonchev–Trinajstić information content (AvgIpc) is 3.25. The molecule has 1 aliphatic heterocycles. The quantitative estimate of drug-likeness (QED) is 0.668. The number of benzene rings is 2. The van der Waals surface area contributed by atoms with Crippen molar-refractivity contribution >= 4 is 11.6 Å². The number of hydrogen-bond acceptors (Lipinski definition) is 3. The number of carbonyl (C=O) groups is 1. The molecule has 2 aliphatic rings. The predicted molar refractivity (Wildman–Crippen MR) is 120 cm³/mol. The lowest BCUT2D eigenvalue weighted by molar-refractivity contribution is -0.113. The summed E-state index contributed by atoms with van der Waals surface area (Å²) in [7, 11) is 0. The second-order valence-electron chi connectivity index (χ2n) is 7.69. The van der Waals surface area contributed by atoms with E-state index < -0.39 is 0 Å². The zero-order chi connectivity index (χ0) is 20.3. The molecular formula is C26H23N3O. The van der Waals surface area contributed by atoms with Gasteiger partial charge in [0.1, 0.15) is 0 Å². The van der Waals surface area contributed by atoms with Crippen molar-refractivity contribution in [3.63, 3.8) is 0 Å². The second-order valence-corrected chi connectivity index (χ2v) is 7.69.